The molecule has 0 aliphatic carbocycles. The van der Waals surface area contributed by atoms with Crippen molar-refractivity contribution in [2.75, 3.05) is 22.5 Å². The number of aryl methyl sites for hydroxylation is 1. The third-order valence-electron chi connectivity index (χ3n) is 4.70. The van der Waals surface area contributed by atoms with Gasteiger partial charge in [0.2, 0.25) is 11.8 Å². The van der Waals surface area contributed by atoms with Crippen molar-refractivity contribution in [3.05, 3.63) is 60.2 Å². The minimum Gasteiger partial charge on any atom is -0.325 e. The smallest absolute Gasteiger partial charge is 0.241 e. The summed E-state index contributed by atoms with van der Waals surface area (Å²) in [7, 11) is 0. The Balaban J connectivity index is 1.51. The van der Waals surface area contributed by atoms with Crippen LogP contribution in [0.15, 0.2) is 59.6 Å². The average Bonchev–Trinajstić information content (AvgIpc) is 3.18. The predicted octanol–water partition coefficient (Wildman–Crippen LogP) is 2.12. The highest BCUT2D eigenvalue weighted by Gasteiger charge is 2.42. The number of amides is 2. The number of carbonyl (C=O) groups is 2. The van der Waals surface area contributed by atoms with Crippen LogP contribution in [0.3, 0.4) is 0 Å². The van der Waals surface area contributed by atoms with Gasteiger partial charge in [-0.2, -0.15) is 0 Å². The number of para-hydroxylation sites is 2. The van der Waals surface area contributed by atoms with Crippen molar-refractivity contribution in [1.29, 1.82) is 0 Å². The molecule has 28 heavy (non-hydrogen) atoms. The van der Waals surface area contributed by atoms with Gasteiger partial charge in [0.1, 0.15) is 6.17 Å². The molecule has 0 bridgehead atoms. The van der Waals surface area contributed by atoms with Crippen molar-refractivity contribution in [2.24, 2.45) is 10.9 Å². The van der Waals surface area contributed by atoms with Crippen molar-refractivity contribution >= 4 is 40.1 Å². The van der Waals surface area contributed by atoms with Crippen LogP contribution in [0.25, 0.3) is 0 Å². The summed E-state index contributed by atoms with van der Waals surface area (Å²) in [5.41, 5.74) is 8.57. The fraction of sp³-hybridized carbons (Fsp3) is 0.250. The van der Waals surface area contributed by atoms with Crippen LogP contribution < -0.4 is 21.1 Å². The van der Waals surface area contributed by atoms with E-state index >= 15 is 0 Å². The lowest BCUT2D eigenvalue weighted by Crippen LogP contribution is -2.49. The minimum absolute atomic E-state index is 0.0227. The molecular weight excluding hydrogens is 374 g/mol. The second-order valence-electron chi connectivity index (χ2n) is 6.65. The van der Waals surface area contributed by atoms with Gasteiger partial charge >= 0.3 is 0 Å². The molecule has 0 aromatic heterocycles. The van der Waals surface area contributed by atoms with E-state index in [2.05, 4.69) is 21.2 Å². The Morgan fingerprint density at radius 2 is 1.96 bits per heavy atom. The number of aliphatic imine (C=N–C) groups is 1. The number of fused-ring (bicyclic) bond motifs is 1. The number of thioether (sulfide) groups is 1. The molecule has 2 aromatic carbocycles. The molecule has 3 N–H and O–H groups in total. The molecule has 2 aromatic rings. The molecular formula is C20H21N5O2S. The Hall–Kier alpha value is -2.68. The predicted molar refractivity (Wildman–Crippen MR) is 112 cm³/mol. The molecule has 2 amide bonds. The molecule has 7 nitrogen and oxygen atoms in total. The van der Waals surface area contributed by atoms with Crippen LogP contribution in [-0.4, -0.2) is 35.4 Å². The first-order chi connectivity index (χ1) is 13.6. The maximum absolute atomic E-state index is 13.0. The lowest BCUT2D eigenvalue weighted by atomic mass is 10.1. The highest BCUT2D eigenvalue weighted by atomic mass is 32.2. The van der Waals surface area contributed by atoms with Crippen molar-refractivity contribution in [1.82, 2.24) is 10.9 Å². The molecule has 0 spiro atoms. The SMILES string of the molecule is Cc1ccccc1NC(=O)CSC1=NC2NNCC2C(=O)N1c1ccccc1. The first-order valence-electron chi connectivity index (χ1n) is 9.07. The number of benzene rings is 2. The summed E-state index contributed by atoms with van der Waals surface area (Å²) < 4.78 is 0. The number of hydrogen-bond donors (Lipinski definition) is 3. The molecule has 8 heteroatoms. The maximum atomic E-state index is 13.0. The molecule has 0 saturated carbocycles. The zero-order valence-corrected chi connectivity index (χ0v) is 16.2. The number of nitrogens with one attached hydrogen (secondary N) is 3. The number of anilines is 2. The minimum atomic E-state index is -0.311. The average molecular weight is 395 g/mol. The van der Waals surface area contributed by atoms with Crippen molar-refractivity contribution in [2.45, 2.75) is 13.1 Å². The molecule has 2 heterocycles. The zero-order valence-electron chi connectivity index (χ0n) is 15.4. The van der Waals surface area contributed by atoms with Gasteiger partial charge in [0.15, 0.2) is 5.17 Å². The normalized spacial score (nSPS) is 21.2. The Labute approximate surface area is 167 Å². The zero-order chi connectivity index (χ0) is 19.5. The van der Waals surface area contributed by atoms with Gasteiger partial charge < -0.3 is 5.32 Å². The molecule has 144 valence electrons. The number of nitrogens with zero attached hydrogens (tertiary/aromatic N) is 2. The van der Waals surface area contributed by atoms with E-state index < -0.39 is 0 Å². The van der Waals surface area contributed by atoms with Crippen molar-refractivity contribution in [3.63, 3.8) is 0 Å². The molecule has 0 radical (unpaired) electrons. The third kappa shape index (κ3) is 3.80. The van der Waals surface area contributed by atoms with Crippen LogP contribution >= 0.6 is 11.8 Å². The fourth-order valence-electron chi connectivity index (χ4n) is 3.21. The first-order valence-corrected chi connectivity index (χ1v) is 10.1. The van der Waals surface area contributed by atoms with Crippen molar-refractivity contribution in [3.8, 4) is 0 Å². The summed E-state index contributed by atoms with van der Waals surface area (Å²) in [4.78, 5) is 31.8. The van der Waals surface area contributed by atoms with E-state index in [0.717, 1.165) is 16.9 Å². The molecule has 2 atom stereocenters. The molecule has 2 unspecified atom stereocenters. The Morgan fingerprint density at radius 3 is 2.75 bits per heavy atom. The summed E-state index contributed by atoms with van der Waals surface area (Å²) in [6.07, 6.45) is -0.311. The third-order valence-corrected chi connectivity index (χ3v) is 5.65. The van der Waals surface area contributed by atoms with E-state index in [4.69, 9.17) is 0 Å². The summed E-state index contributed by atoms with van der Waals surface area (Å²) in [5, 5.41) is 3.44. The van der Waals surface area contributed by atoms with Crippen LogP contribution in [-0.2, 0) is 9.59 Å². The Morgan fingerprint density at radius 1 is 1.21 bits per heavy atom. The highest BCUT2D eigenvalue weighted by molar-refractivity contribution is 8.14. The van der Waals surface area contributed by atoms with Gasteiger partial charge in [0, 0.05) is 12.2 Å². The highest BCUT2D eigenvalue weighted by Crippen LogP contribution is 2.29. The number of hydrogen-bond acceptors (Lipinski definition) is 6. The summed E-state index contributed by atoms with van der Waals surface area (Å²) in [6.45, 7) is 2.48. The van der Waals surface area contributed by atoms with E-state index in [1.165, 1.54) is 11.8 Å². The van der Waals surface area contributed by atoms with E-state index in [1.807, 2.05) is 61.5 Å². The molecule has 1 fully saturated rings. The lowest BCUT2D eigenvalue weighted by Gasteiger charge is -2.32. The number of rotatable bonds is 4. The standard InChI is InChI=1S/C20H21N5O2S/c1-13-7-5-6-10-16(13)22-17(26)12-28-20-23-18-15(11-21-24-18)19(27)25(20)14-8-3-2-4-9-14/h2-10,15,18,21,24H,11-12H2,1H3,(H,22,26). The summed E-state index contributed by atoms with van der Waals surface area (Å²) >= 11 is 1.26. The topological polar surface area (TPSA) is 85.8 Å². The van der Waals surface area contributed by atoms with Crippen LogP contribution in [0, 0.1) is 12.8 Å². The van der Waals surface area contributed by atoms with E-state index in [0.29, 0.717) is 11.7 Å². The maximum Gasteiger partial charge on any atom is 0.241 e. The van der Waals surface area contributed by atoms with Gasteiger partial charge in [-0.3, -0.25) is 19.9 Å². The van der Waals surface area contributed by atoms with Crippen LogP contribution in [0.2, 0.25) is 0 Å². The fourth-order valence-corrected chi connectivity index (χ4v) is 4.06. The van der Waals surface area contributed by atoms with E-state index in [-0.39, 0.29) is 29.7 Å². The van der Waals surface area contributed by atoms with Crippen LogP contribution in [0.5, 0.6) is 0 Å². The molecule has 2 aliphatic heterocycles. The van der Waals surface area contributed by atoms with Gasteiger partial charge in [0.25, 0.3) is 0 Å². The van der Waals surface area contributed by atoms with Gasteiger partial charge in [0.05, 0.1) is 17.4 Å². The Bertz CT molecular complexity index is 918. The van der Waals surface area contributed by atoms with E-state index in [1.54, 1.807) is 4.90 Å². The van der Waals surface area contributed by atoms with Gasteiger partial charge in [-0.15, -0.1) is 0 Å². The second kappa shape index (κ2) is 8.14. The first kappa shape index (κ1) is 18.7. The Kier molecular flexibility index (Phi) is 5.43. The summed E-state index contributed by atoms with van der Waals surface area (Å²) in [5.74, 6) is -0.257. The molecule has 1 saturated heterocycles. The molecule has 2 aliphatic rings. The monoisotopic (exact) mass is 395 g/mol. The largest absolute Gasteiger partial charge is 0.325 e. The summed E-state index contributed by atoms with van der Waals surface area (Å²) in [6, 6.07) is 17.0. The number of hydrazine groups is 1. The quantitative estimate of drug-likeness (QED) is 0.738. The van der Waals surface area contributed by atoms with Crippen molar-refractivity contribution < 1.29 is 9.59 Å². The second-order valence-corrected chi connectivity index (χ2v) is 7.59. The number of amidine groups is 1. The van der Waals surface area contributed by atoms with Crippen LogP contribution in [0.4, 0.5) is 11.4 Å². The molecule has 4 rings (SSSR count). The van der Waals surface area contributed by atoms with E-state index in [9.17, 15) is 9.59 Å². The van der Waals surface area contributed by atoms with Gasteiger partial charge in [-0.05, 0) is 30.7 Å². The van der Waals surface area contributed by atoms with Gasteiger partial charge in [-0.1, -0.05) is 48.2 Å². The lowest BCUT2D eigenvalue weighted by molar-refractivity contribution is -0.121. The van der Waals surface area contributed by atoms with Crippen LogP contribution in [0.1, 0.15) is 5.56 Å². The van der Waals surface area contributed by atoms with Gasteiger partial charge in [-0.25, -0.2) is 10.4 Å². The number of carbonyl (C=O) groups excluding carboxylic acids is 2.